The third kappa shape index (κ3) is 3.48. The fraction of sp³-hybridized carbons (Fsp3) is 0.389. The molecule has 1 aliphatic rings. The minimum atomic E-state index is -0.840. The molecule has 0 unspecified atom stereocenters. The highest BCUT2D eigenvalue weighted by molar-refractivity contribution is 5.94. The number of carbonyl (C=O) groups is 2. The second-order valence-corrected chi connectivity index (χ2v) is 6.15. The number of nitrogens with zero attached hydrogens (tertiary/aromatic N) is 1. The minimum Gasteiger partial charge on any atom is -0.452 e. The summed E-state index contributed by atoms with van der Waals surface area (Å²) in [5.41, 5.74) is -0.566. The molecule has 0 saturated carbocycles. The maximum absolute atomic E-state index is 12.1. The molecule has 1 atom stereocenters. The lowest BCUT2D eigenvalue weighted by Crippen LogP contribution is -2.41. The van der Waals surface area contributed by atoms with Gasteiger partial charge in [-0.1, -0.05) is 25.1 Å². The van der Waals surface area contributed by atoms with Crippen molar-refractivity contribution in [1.82, 2.24) is 4.90 Å². The number of fused-ring (bicyclic) bond motifs is 1. The van der Waals surface area contributed by atoms with Crippen LogP contribution in [0.3, 0.4) is 0 Å². The summed E-state index contributed by atoms with van der Waals surface area (Å²) in [6.07, 6.45) is 2.05. The molecule has 0 N–H and O–H groups in total. The first-order chi connectivity index (χ1) is 11.5. The van der Waals surface area contributed by atoms with Gasteiger partial charge < -0.3 is 14.1 Å². The Morgan fingerprint density at radius 1 is 1.33 bits per heavy atom. The van der Waals surface area contributed by atoms with Gasteiger partial charge in [-0.25, -0.2) is 9.59 Å². The first kappa shape index (κ1) is 16.2. The van der Waals surface area contributed by atoms with Crippen LogP contribution in [0.2, 0.25) is 0 Å². The average molecular weight is 329 g/mol. The number of benzene rings is 1. The summed E-state index contributed by atoms with van der Waals surface area (Å²) in [7, 11) is 0. The highest BCUT2D eigenvalue weighted by Crippen LogP contribution is 2.16. The number of amides is 1. The van der Waals surface area contributed by atoms with Crippen LogP contribution in [0, 0.1) is 5.92 Å². The average Bonchev–Trinajstić information content (AvgIpc) is 2.58. The molecular weight excluding hydrogens is 310 g/mol. The molecule has 1 aromatic carbocycles. The van der Waals surface area contributed by atoms with E-state index < -0.39 is 11.6 Å². The molecular formula is C18H19NO5. The van der Waals surface area contributed by atoms with E-state index in [1.54, 1.807) is 29.2 Å². The van der Waals surface area contributed by atoms with E-state index in [9.17, 15) is 14.4 Å². The van der Waals surface area contributed by atoms with E-state index in [2.05, 4.69) is 6.92 Å². The molecule has 0 spiro atoms. The van der Waals surface area contributed by atoms with Crippen molar-refractivity contribution in [2.75, 3.05) is 19.7 Å². The van der Waals surface area contributed by atoms with Crippen molar-refractivity contribution in [3.8, 4) is 0 Å². The molecule has 2 aromatic rings. The van der Waals surface area contributed by atoms with Crippen molar-refractivity contribution in [2.45, 2.75) is 19.8 Å². The van der Waals surface area contributed by atoms with Crippen LogP contribution in [-0.2, 0) is 9.53 Å². The number of rotatable bonds is 3. The molecule has 1 aliphatic heterocycles. The first-order valence-corrected chi connectivity index (χ1v) is 8.02. The molecule has 126 valence electrons. The van der Waals surface area contributed by atoms with Crippen LogP contribution in [0.1, 0.15) is 30.1 Å². The summed E-state index contributed by atoms with van der Waals surface area (Å²) in [5.74, 6) is -0.626. The SMILES string of the molecule is C[C@H]1CCCN(C(=O)COC(=O)c2cc3ccccc3oc2=O)C1. The normalized spacial score (nSPS) is 17.7. The highest BCUT2D eigenvalue weighted by Gasteiger charge is 2.23. The van der Waals surface area contributed by atoms with Gasteiger partial charge in [0.2, 0.25) is 0 Å². The van der Waals surface area contributed by atoms with E-state index in [4.69, 9.17) is 9.15 Å². The van der Waals surface area contributed by atoms with Gasteiger partial charge in [0.1, 0.15) is 11.1 Å². The Balaban J connectivity index is 1.68. The predicted molar refractivity (Wildman–Crippen MR) is 87.7 cm³/mol. The maximum Gasteiger partial charge on any atom is 0.351 e. The fourth-order valence-corrected chi connectivity index (χ4v) is 2.92. The summed E-state index contributed by atoms with van der Waals surface area (Å²) in [6.45, 7) is 3.08. The van der Waals surface area contributed by atoms with Gasteiger partial charge in [-0.2, -0.15) is 0 Å². The number of hydrogen-bond donors (Lipinski definition) is 0. The third-order valence-electron chi connectivity index (χ3n) is 4.20. The highest BCUT2D eigenvalue weighted by atomic mass is 16.5. The first-order valence-electron chi connectivity index (χ1n) is 8.02. The summed E-state index contributed by atoms with van der Waals surface area (Å²) < 4.78 is 10.1. The summed E-state index contributed by atoms with van der Waals surface area (Å²) >= 11 is 0. The molecule has 6 heteroatoms. The van der Waals surface area contributed by atoms with Crippen molar-refractivity contribution < 1.29 is 18.7 Å². The number of likely N-dealkylation sites (tertiary alicyclic amines) is 1. The van der Waals surface area contributed by atoms with Gasteiger partial charge in [-0.05, 0) is 30.9 Å². The summed E-state index contributed by atoms with van der Waals surface area (Å²) in [4.78, 5) is 37.8. The molecule has 24 heavy (non-hydrogen) atoms. The third-order valence-corrected chi connectivity index (χ3v) is 4.20. The number of ether oxygens (including phenoxy) is 1. The maximum atomic E-state index is 12.1. The van der Waals surface area contributed by atoms with Crippen LogP contribution in [0.5, 0.6) is 0 Å². The molecule has 6 nitrogen and oxygen atoms in total. The van der Waals surface area contributed by atoms with Crippen LogP contribution < -0.4 is 5.63 Å². The fourth-order valence-electron chi connectivity index (χ4n) is 2.92. The largest absolute Gasteiger partial charge is 0.452 e. The van der Waals surface area contributed by atoms with E-state index >= 15 is 0 Å². The van der Waals surface area contributed by atoms with Gasteiger partial charge in [0.05, 0.1) is 0 Å². The van der Waals surface area contributed by atoms with Gasteiger partial charge in [0.15, 0.2) is 6.61 Å². The van der Waals surface area contributed by atoms with Crippen LogP contribution in [0.15, 0.2) is 39.5 Å². The molecule has 3 rings (SSSR count). The molecule has 1 amide bonds. The van der Waals surface area contributed by atoms with Crippen molar-refractivity contribution >= 4 is 22.8 Å². The van der Waals surface area contributed by atoms with Gasteiger partial charge >= 0.3 is 11.6 Å². The smallest absolute Gasteiger partial charge is 0.351 e. The number of carbonyl (C=O) groups excluding carboxylic acids is 2. The van der Waals surface area contributed by atoms with Crippen LogP contribution in [0.25, 0.3) is 11.0 Å². The lowest BCUT2D eigenvalue weighted by Gasteiger charge is -2.30. The van der Waals surface area contributed by atoms with Crippen molar-refractivity contribution in [3.05, 3.63) is 46.3 Å². The monoisotopic (exact) mass is 329 g/mol. The topological polar surface area (TPSA) is 76.8 Å². The van der Waals surface area contributed by atoms with Crippen molar-refractivity contribution in [2.24, 2.45) is 5.92 Å². The van der Waals surface area contributed by atoms with E-state index in [0.29, 0.717) is 30.0 Å². The molecule has 0 aliphatic carbocycles. The van der Waals surface area contributed by atoms with E-state index in [-0.39, 0.29) is 18.1 Å². The number of hydrogen-bond acceptors (Lipinski definition) is 5. The van der Waals surface area contributed by atoms with Crippen LogP contribution in [-0.4, -0.2) is 36.5 Å². The van der Waals surface area contributed by atoms with Gasteiger partial charge in [0, 0.05) is 18.5 Å². The summed E-state index contributed by atoms with van der Waals surface area (Å²) in [6, 6.07) is 8.32. The Morgan fingerprint density at radius 3 is 2.92 bits per heavy atom. The van der Waals surface area contributed by atoms with E-state index in [1.165, 1.54) is 6.07 Å². The Hall–Kier alpha value is -2.63. The van der Waals surface area contributed by atoms with Gasteiger partial charge in [-0.3, -0.25) is 4.79 Å². The molecule has 1 fully saturated rings. The Bertz CT molecular complexity index is 826. The second kappa shape index (κ2) is 6.86. The van der Waals surface area contributed by atoms with E-state index in [0.717, 1.165) is 12.8 Å². The Morgan fingerprint density at radius 2 is 2.12 bits per heavy atom. The van der Waals surface area contributed by atoms with Gasteiger partial charge in [0.25, 0.3) is 5.91 Å². The molecule has 1 aromatic heterocycles. The predicted octanol–water partition coefficient (Wildman–Crippen LogP) is 2.21. The number of piperidine rings is 1. The standard InChI is InChI=1S/C18H19NO5/c1-12-5-4-8-19(10-12)16(20)11-23-17(21)14-9-13-6-2-3-7-15(13)24-18(14)22/h2-3,6-7,9,12H,4-5,8,10-11H2,1H3/t12-/m0/s1. The van der Waals surface area contributed by atoms with Crippen LogP contribution in [0.4, 0.5) is 0 Å². The van der Waals surface area contributed by atoms with Gasteiger partial charge in [-0.15, -0.1) is 0 Å². The quantitative estimate of drug-likeness (QED) is 0.637. The molecule has 2 heterocycles. The Kier molecular flexibility index (Phi) is 4.64. The molecule has 1 saturated heterocycles. The number of esters is 1. The zero-order valence-corrected chi connectivity index (χ0v) is 13.5. The van der Waals surface area contributed by atoms with Crippen LogP contribution >= 0.6 is 0 Å². The molecule has 0 bridgehead atoms. The number of para-hydroxylation sites is 1. The zero-order chi connectivity index (χ0) is 17.1. The summed E-state index contributed by atoms with van der Waals surface area (Å²) in [5, 5.41) is 0.625. The van der Waals surface area contributed by atoms with E-state index in [1.807, 2.05) is 0 Å². The molecule has 0 radical (unpaired) electrons. The Labute approximate surface area is 139 Å². The lowest BCUT2D eigenvalue weighted by atomic mass is 10.0. The van der Waals surface area contributed by atoms with Crippen molar-refractivity contribution in [1.29, 1.82) is 0 Å². The minimum absolute atomic E-state index is 0.200. The zero-order valence-electron chi connectivity index (χ0n) is 13.5. The van der Waals surface area contributed by atoms with Crippen molar-refractivity contribution in [3.63, 3.8) is 0 Å². The second-order valence-electron chi connectivity index (χ2n) is 6.15. The lowest BCUT2D eigenvalue weighted by molar-refractivity contribution is -0.136.